The average Bonchev–Trinajstić information content (AvgIpc) is 2.92. The van der Waals surface area contributed by atoms with Crippen molar-refractivity contribution in [2.45, 2.75) is 12.2 Å². The van der Waals surface area contributed by atoms with E-state index in [9.17, 15) is 4.79 Å². The van der Waals surface area contributed by atoms with Crippen molar-refractivity contribution in [2.75, 3.05) is 5.32 Å². The van der Waals surface area contributed by atoms with Gasteiger partial charge in [-0.15, -0.1) is 11.3 Å². The number of thiazole rings is 1. The van der Waals surface area contributed by atoms with Gasteiger partial charge in [0.05, 0.1) is 12.1 Å². The molecule has 0 spiro atoms. The minimum absolute atomic E-state index is 0.0616. The smallest absolute Gasteiger partial charge is 0.228 e. The number of anilines is 1. The Kier molecular flexibility index (Phi) is 2.64. The molecule has 0 aliphatic carbocycles. The second-order valence-electron chi connectivity index (χ2n) is 3.88. The summed E-state index contributed by atoms with van der Waals surface area (Å²) in [6, 6.07) is 5.96. The van der Waals surface area contributed by atoms with Crippen molar-refractivity contribution in [3.63, 3.8) is 0 Å². The molecule has 17 heavy (non-hydrogen) atoms. The van der Waals surface area contributed by atoms with Gasteiger partial charge in [-0.2, -0.15) is 12.6 Å². The summed E-state index contributed by atoms with van der Waals surface area (Å²) in [5.74, 6) is 0.724. The molecule has 0 fully saturated rings. The van der Waals surface area contributed by atoms with Crippen molar-refractivity contribution in [2.24, 2.45) is 0 Å². The molecule has 2 heterocycles. The number of thiol groups is 1. The van der Waals surface area contributed by atoms with Crippen molar-refractivity contribution in [1.82, 2.24) is 4.98 Å². The fourth-order valence-corrected chi connectivity index (χ4v) is 2.86. The Bertz CT molecular complexity index is 592. The fourth-order valence-electron chi connectivity index (χ4n) is 1.90. The highest BCUT2D eigenvalue weighted by atomic mass is 32.1. The van der Waals surface area contributed by atoms with E-state index in [1.165, 1.54) is 0 Å². The molecule has 86 valence electrons. The first-order valence-electron chi connectivity index (χ1n) is 5.24. The number of aromatic nitrogens is 1. The maximum absolute atomic E-state index is 11.3. The van der Waals surface area contributed by atoms with Crippen LogP contribution in [0.1, 0.15) is 10.6 Å². The Morgan fingerprint density at radius 3 is 3.12 bits per heavy atom. The first kappa shape index (κ1) is 10.8. The van der Waals surface area contributed by atoms with Crippen LogP contribution in [0.3, 0.4) is 0 Å². The van der Waals surface area contributed by atoms with Crippen molar-refractivity contribution in [3.8, 4) is 11.3 Å². The molecule has 3 rings (SSSR count). The Morgan fingerprint density at radius 2 is 2.35 bits per heavy atom. The SMILES string of the molecule is O=C1Cc2cc(-c3csc(CS)n3)ccc2N1. The van der Waals surface area contributed by atoms with Crippen LogP contribution in [0.5, 0.6) is 0 Å². The Balaban J connectivity index is 1.99. The molecule has 1 N–H and O–H groups in total. The Labute approximate surface area is 108 Å². The molecule has 0 radical (unpaired) electrons. The zero-order valence-electron chi connectivity index (χ0n) is 8.93. The van der Waals surface area contributed by atoms with Crippen molar-refractivity contribution in [1.29, 1.82) is 0 Å². The number of fused-ring (bicyclic) bond motifs is 1. The van der Waals surface area contributed by atoms with Gasteiger partial charge in [-0.05, 0) is 17.7 Å². The number of benzene rings is 1. The van der Waals surface area contributed by atoms with Gasteiger partial charge in [0, 0.05) is 22.4 Å². The van der Waals surface area contributed by atoms with Gasteiger partial charge in [0.25, 0.3) is 0 Å². The highest BCUT2D eigenvalue weighted by Gasteiger charge is 2.18. The summed E-state index contributed by atoms with van der Waals surface area (Å²) in [4.78, 5) is 15.7. The molecule has 0 unspecified atom stereocenters. The van der Waals surface area contributed by atoms with E-state index < -0.39 is 0 Å². The number of rotatable bonds is 2. The number of carbonyl (C=O) groups is 1. The summed E-state index contributed by atoms with van der Waals surface area (Å²) in [7, 11) is 0. The molecule has 1 aliphatic rings. The summed E-state index contributed by atoms with van der Waals surface area (Å²) in [6.45, 7) is 0. The minimum atomic E-state index is 0.0616. The van der Waals surface area contributed by atoms with E-state index >= 15 is 0 Å². The summed E-state index contributed by atoms with van der Waals surface area (Å²) < 4.78 is 0. The van der Waals surface area contributed by atoms with Crippen LogP contribution in [0.2, 0.25) is 0 Å². The van der Waals surface area contributed by atoms with Crippen LogP contribution < -0.4 is 5.32 Å². The van der Waals surface area contributed by atoms with E-state index in [2.05, 4.69) is 22.9 Å². The van der Waals surface area contributed by atoms with Crippen LogP contribution in [0.15, 0.2) is 23.6 Å². The molecular weight excluding hydrogens is 252 g/mol. The van der Waals surface area contributed by atoms with Crippen LogP contribution in [0.25, 0.3) is 11.3 Å². The third-order valence-electron chi connectivity index (χ3n) is 2.71. The number of carbonyl (C=O) groups excluding carboxylic acids is 1. The third-order valence-corrected chi connectivity index (χ3v) is 4.08. The Hall–Kier alpha value is -1.33. The zero-order chi connectivity index (χ0) is 11.8. The monoisotopic (exact) mass is 262 g/mol. The maximum atomic E-state index is 11.3. The second-order valence-corrected chi connectivity index (χ2v) is 5.14. The van der Waals surface area contributed by atoms with Gasteiger partial charge in [-0.1, -0.05) is 6.07 Å². The van der Waals surface area contributed by atoms with Gasteiger partial charge in [0.1, 0.15) is 5.01 Å². The zero-order valence-corrected chi connectivity index (χ0v) is 10.6. The van der Waals surface area contributed by atoms with Crippen LogP contribution in [-0.2, 0) is 17.0 Å². The Morgan fingerprint density at radius 1 is 1.47 bits per heavy atom. The molecule has 0 atom stereocenters. The topological polar surface area (TPSA) is 42.0 Å². The van der Waals surface area contributed by atoms with Gasteiger partial charge >= 0.3 is 0 Å². The highest BCUT2D eigenvalue weighted by molar-refractivity contribution is 7.79. The highest BCUT2D eigenvalue weighted by Crippen LogP contribution is 2.29. The lowest BCUT2D eigenvalue weighted by molar-refractivity contribution is -0.115. The number of nitrogens with zero attached hydrogens (tertiary/aromatic N) is 1. The third kappa shape index (κ3) is 1.96. The van der Waals surface area contributed by atoms with Crippen LogP contribution in [0.4, 0.5) is 5.69 Å². The molecule has 5 heteroatoms. The predicted octanol–water partition coefficient (Wildman–Crippen LogP) is 2.73. The fraction of sp³-hybridized carbons (Fsp3) is 0.167. The molecule has 0 saturated heterocycles. The minimum Gasteiger partial charge on any atom is -0.326 e. The van der Waals surface area contributed by atoms with Gasteiger partial charge in [0.15, 0.2) is 0 Å². The molecule has 0 bridgehead atoms. The van der Waals surface area contributed by atoms with E-state index in [1.807, 2.05) is 23.6 Å². The largest absolute Gasteiger partial charge is 0.326 e. The molecule has 0 saturated carbocycles. The number of hydrogen-bond acceptors (Lipinski definition) is 4. The lowest BCUT2D eigenvalue weighted by atomic mass is 10.1. The summed E-state index contributed by atoms with van der Waals surface area (Å²) in [5, 5.41) is 5.86. The second kappa shape index (κ2) is 4.16. The number of hydrogen-bond donors (Lipinski definition) is 2. The van der Waals surface area contributed by atoms with Crippen LogP contribution in [-0.4, -0.2) is 10.9 Å². The van der Waals surface area contributed by atoms with E-state index in [0.29, 0.717) is 12.2 Å². The van der Waals surface area contributed by atoms with E-state index in [1.54, 1.807) is 11.3 Å². The number of nitrogens with one attached hydrogen (secondary N) is 1. The standard InChI is InChI=1S/C12H10N2OS2/c15-11-4-8-3-7(1-2-9(8)13-11)10-6-17-12(5-16)14-10/h1-3,6,16H,4-5H2,(H,13,15). The van der Waals surface area contributed by atoms with Crippen molar-refractivity contribution < 1.29 is 4.79 Å². The lowest BCUT2D eigenvalue weighted by Crippen LogP contribution is -2.03. The molecule has 1 aromatic heterocycles. The van der Waals surface area contributed by atoms with Crippen LogP contribution in [0, 0.1) is 0 Å². The first-order chi connectivity index (χ1) is 8.26. The average molecular weight is 262 g/mol. The quantitative estimate of drug-likeness (QED) is 0.817. The lowest BCUT2D eigenvalue weighted by Gasteiger charge is -2.01. The molecule has 2 aromatic rings. The maximum Gasteiger partial charge on any atom is 0.228 e. The predicted molar refractivity (Wildman–Crippen MR) is 72.6 cm³/mol. The summed E-state index contributed by atoms with van der Waals surface area (Å²) in [6.07, 6.45) is 0.465. The molecule has 1 aromatic carbocycles. The summed E-state index contributed by atoms with van der Waals surface area (Å²) in [5.41, 5.74) is 3.99. The van der Waals surface area contributed by atoms with E-state index in [-0.39, 0.29) is 5.91 Å². The van der Waals surface area contributed by atoms with E-state index in [0.717, 1.165) is 27.5 Å². The number of amides is 1. The molecule has 1 amide bonds. The van der Waals surface area contributed by atoms with Crippen LogP contribution >= 0.6 is 24.0 Å². The van der Waals surface area contributed by atoms with Gasteiger partial charge in [0.2, 0.25) is 5.91 Å². The van der Waals surface area contributed by atoms with Crippen molar-refractivity contribution in [3.05, 3.63) is 34.2 Å². The molecule has 1 aliphatic heterocycles. The van der Waals surface area contributed by atoms with E-state index in [4.69, 9.17) is 0 Å². The van der Waals surface area contributed by atoms with Gasteiger partial charge in [-0.25, -0.2) is 4.98 Å². The molecule has 3 nitrogen and oxygen atoms in total. The van der Waals surface area contributed by atoms with Gasteiger partial charge in [-0.3, -0.25) is 4.79 Å². The normalized spacial score (nSPS) is 13.6. The van der Waals surface area contributed by atoms with Gasteiger partial charge < -0.3 is 5.32 Å². The molecular formula is C12H10N2OS2. The first-order valence-corrected chi connectivity index (χ1v) is 6.76. The van der Waals surface area contributed by atoms with Crippen molar-refractivity contribution >= 4 is 35.6 Å². The summed E-state index contributed by atoms with van der Waals surface area (Å²) >= 11 is 5.81.